The molecule has 1 heterocycles. The second-order valence-corrected chi connectivity index (χ2v) is 5.01. The van der Waals surface area contributed by atoms with E-state index in [-0.39, 0.29) is 5.91 Å². The van der Waals surface area contributed by atoms with Gasteiger partial charge in [0, 0.05) is 19.7 Å². The SMILES string of the molecule is N#CC1(C(=O)N2CCCOCC2)CCCCC1. The van der Waals surface area contributed by atoms with E-state index in [9.17, 15) is 10.1 Å². The first-order chi connectivity index (χ1) is 8.28. The first-order valence-electron chi connectivity index (χ1n) is 6.57. The molecule has 0 atom stereocenters. The maximum atomic E-state index is 12.5. The minimum atomic E-state index is -0.734. The molecule has 0 bridgehead atoms. The van der Waals surface area contributed by atoms with Gasteiger partial charge in [0.25, 0.3) is 0 Å². The van der Waals surface area contributed by atoms with E-state index in [4.69, 9.17) is 4.74 Å². The molecule has 2 fully saturated rings. The van der Waals surface area contributed by atoms with E-state index in [0.717, 1.165) is 51.7 Å². The van der Waals surface area contributed by atoms with Crippen molar-refractivity contribution in [3.05, 3.63) is 0 Å². The van der Waals surface area contributed by atoms with Crippen LogP contribution in [0.25, 0.3) is 0 Å². The Labute approximate surface area is 103 Å². The molecule has 1 amide bonds. The minimum absolute atomic E-state index is 0.0465. The maximum absolute atomic E-state index is 12.5. The van der Waals surface area contributed by atoms with Gasteiger partial charge in [0.1, 0.15) is 5.41 Å². The second kappa shape index (κ2) is 5.50. The average Bonchev–Trinajstić information content (AvgIpc) is 2.67. The van der Waals surface area contributed by atoms with Crippen LogP contribution in [0.5, 0.6) is 0 Å². The number of carbonyl (C=O) groups is 1. The Morgan fingerprint density at radius 3 is 2.59 bits per heavy atom. The summed E-state index contributed by atoms with van der Waals surface area (Å²) in [6.45, 7) is 2.71. The molecular weight excluding hydrogens is 216 g/mol. The Hall–Kier alpha value is -1.08. The van der Waals surface area contributed by atoms with Gasteiger partial charge in [-0.15, -0.1) is 0 Å². The van der Waals surface area contributed by atoms with Crippen molar-refractivity contribution in [2.75, 3.05) is 26.3 Å². The molecule has 0 spiro atoms. The molecule has 0 aromatic heterocycles. The highest BCUT2D eigenvalue weighted by Crippen LogP contribution is 2.37. The van der Waals surface area contributed by atoms with Gasteiger partial charge >= 0.3 is 0 Å². The Morgan fingerprint density at radius 1 is 1.12 bits per heavy atom. The third kappa shape index (κ3) is 2.61. The van der Waals surface area contributed by atoms with Crippen LogP contribution in [0.15, 0.2) is 0 Å². The van der Waals surface area contributed by atoms with E-state index in [2.05, 4.69) is 6.07 Å². The van der Waals surface area contributed by atoms with Crippen LogP contribution >= 0.6 is 0 Å². The summed E-state index contributed by atoms with van der Waals surface area (Å²) in [6.07, 6.45) is 5.51. The van der Waals surface area contributed by atoms with Crippen LogP contribution in [0.4, 0.5) is 0 Å². The van der Waals surface area contributed by atoms with Crippen LogP contribution in [-0.2, 0) is 9.53 Å². The normalized spacial score (nSPS) is 24.8. The molecule has 1 saturated carbocycles. The standard InChI is InChI=1S/C13H20N2O2/c14-11-13(5-2-1-3-6-13)12(16)15-7-4-9-17-10-8-15/h1-10H2. The number of carbonyl (C=O) groups excluding carboxylic acids is 1. The van der Waals surface area contributed by atoms with Crippen molar-refractivity contribution >= 4 is 5.91 Å². The third-order valence-electron chi connectivity index (χ3n) is 3.84. The quantitative estimate of drug-likeness (QED) is 0.696. The van der Waals surface area contributed by atoms with E-state index in [1.807, 2.05) is 4.90 Å². The van der Waals surface area contributed by atoms with E-state index in [0.29, 0.717) is 13.2 Å². The number of nitrogens with zero attached hydrogens (tertiary/aromatic N) is 2. The summed E-state index contributed by atoms with van der Waals surface area (Å²) in [4.78, 5) is 14.3. The largest absolute Gasteiger partial charge is 0.380 e. The smallest absolute Gasteiger partial charge is 0.243 e. The highest BCUT2D eigenvalue weighted by molar-refractivity contribution is 5.85. The molecule has 2 rings (SSSR count). The van der Waals surface area contributed by atoms with Gasteiger partial charge in [-0.25, -0.2) is 0 Å². The first kappa shape index (κ1) is 12.4. The predicted octanol–water partition coefficient (Wildman–Crippen LogP) is 1.71. The monoisotopic (exact) mass is 236 g/mol. The molecule has 0 unspecified atom stereocenters. The fourth-order valence-corrected chi connectivity index (χ4v) is 2.78. The highest BCUT2D eigenvalue weighted by Gasteiger charge is 2.42. The molecule has 17 heavy (non-hydrogen) atoms. The zero-order valence-corrected chi connectivity index (χ0v) is 10.3. The summed E-state index contributed by atoms with van der Waals surface area (Å²) in [5.74, 6) is 0.0465. The number of rotatable bonds is 1. The molecule has 1 aliphatic carbocycles. The van der Waals surface area contributed by atoms with E-state index < -0.39 is 5.41 Å². The lowest BCUT2D eigenvalue weighted by Crippen LogP contribution is -2.45. The molecule has 4 nitrogen and oxygen atoms in total. The van der Waals surface area contributed by atoms with Crippen molar-refractivity contribution in [1.29, 1.82) is 5.26 Å². The Balaban J connectivity index is 2.07. The van der Waals surface area contributed by atoms with Crippen molar-refractivity contribution in [3.63, 3.8) is 0 Å². The fourth-order valence-electron chi connectivity index (χ4n) is 2.78. The van der Waals surface area contributed by atoms with Gasteiger partial charge in [-0.3, -0.25) is 4.79 Å². The molecule has 0 N–H and O–H groups in total. The number of amides is 1. The van der Waals surface area contributed by atoms with E-state index in [1.54, 1.807) is 0 Å². The second-order valence-electron chi connectivity index (χ2n) is 5.01. The molecule has 1 aliphatic heterocycles. The minimum Gasteiger partial charge on any atom is -0.380 e. The summed E-state index contributed by atoms with van der Waals surface area (Å²) in [6, 6.07) is 2.30. The van der Waals surface area contributed by atoms with Crippen LogP contribution in [-0.4, -0.2) is 37.1 Å². The molecule has 0 aromatic rings. The van der Waals surface area contributed by atoms with Gasteiger partial charge in [-0.1, -0.05) is 19.3 Å². The summed E-state index contributed by atoms with van der Waals surface area (Å²) in [5.41, 5.74) is -0.734. The lowest BCUT2D eigenvalue weighted by atomic mass is 9.74. The lowest BCUT2D eigenvalue weighted by Gasteiger charge is -2.34. The summed E-state index contributed by atoms with van der Waals surface area (Å²) >= 11 is 0. The van der Waals surface area contributed by atoms with Crippen molar-refractivity contribution in [3.8, 4) is 6.07 Å². The van der Waals surface area contributed by atoms with E-state index in [1.165, 1.54) is 0 Å². The Kier molecular flexibility index (Phi) is 4.01. The van der Waals surface area contributed by atoms with Crippen LogP contribution < -0.4 is 0 Å². The zero-order valence-electron chi connectivity index (χ0n) is 10.3. The topological polar surface area (TPSA) is 53.3 Å². The van der Waals surface area contributed by atoms with Crippen molar-refractivity contribution in [2.24, 2.45) is 5.41 Å². The third-order valence-corrected chi connectivity index (χ3v) is 3.84. The van der Waals surface area contributed by atoms with Gasteiger partial charge in [-0.05, 0) is 19.3 Å². The van der Waals surface area contributed by atoms with Gasteiger partial charge in [0.15, 0.2) is 0 Å². The molecule has 0 radical (unpaired) electrons. The van der Waals surface area contributed by atoms with Gasteiger partial charge in [-0.2, -0.15) is 5.26 Å². The summed E-state index contributed by atoms with van der Waals surface area (Å²) in [5, 5.41) is 9.38. The Bertz CT molecular complexity index is 308. The average molecular weight is 236 g/mol. The number of nitriles is 1. The molecular formula is C13H20N2O2. The molecule has 94 valence electrons. The van der Waals surface area contributed by atoms with Crippen LogP contribution in [0.1, 0.15) is 38.5 Å². The fraction of sp³-hybridized carbons (Fsp3) is 0.846. The van der Waals surface area contributed by atoms with Crippen LogP contribution in [0.2, 0.25) is 0 Å². The molecule has 1 saturated heterocycles. The van der Waals surface area contributed by atoms with E-state index >= 15 is 0 Å². The zero-order chi connectivity index (χ0) is 12.1. The van der Waals surface area contributed by atoms with Gasteiger partial charge < -0.3 is 9.64 Å². The summed E-state index contributed by atoms with van der Waals surface area (Å²) < 4.78 is 5.35. The number of hydrogen-bond acceptors (Lipinski definition) is 3. The molecule has 2 aliphatic rings. The highest BCUT2D eigenvalue weighted by atomic mass is 16.5. The first-order valence-corrected chi connectivity index (χ1v) is 6.57. The number of hydrogen-bond donors (Lipinski definition) is 0. The Morgan fingerprint density at radius 2 is 1.88 bits per heavy atom. The molecule has 0 aromatic carbocycles. The summed E-state index contributed by atoms with van der Waals surface area (Å²) in [7, 11) is 0. The number of ether oxygens (including phenoxy) is 1. The van der Waals surface area contributed by atoms with Crippen LogP contribution in [0.3, 0.4) is 0 Å². The van der Waals surface area contributed by atoms with Crippen molar-refractivity contribution < 1.29 is 9.53 Å². The van der Waals surface area contributed by atoms with Gasteiger partial charge in [0.05, 0.1) is 12.7 Å². The predicted molar refractivity (Wildman–Crippen MR) is 63.1 cm³/mol. The van der Waals surface area contributed by atoms with Crippen LogP contribution in [0, 0.1) is 16.7 Å². The maximum Gasteiger partial charge on any atom is 0.243 e. The molecule has 4 heteroatoms. The lowest BCUT2D eigenvalue weighted by molar-refractivity contribution is -0.140. The van der Waals surface area contributed by atoms with Gasteiger partial charge in [0.2, 0.25) is 5.91 Å². The van der Waals surface area contributed by atoms with Crippen molar-refractivity contribution in [2.45, 2.75) is 38.5 Å². The van der Waals surface area contributed by atoms with Crippen molar-refractivity contribution in [1.82, 2.24) is 4.90 Å².